The lowest BCUT2D eigenvalue weighted by atomic mass is 10.2. The van der Waals surface area contributed by atoms with Crippen LogP contribution in [-0.4, -0.2) is 41.5 Å². The molecule has 0 bridgehead atoms. The average molecular weight is 509 g/mol. The van der Waals surface area contributed by atoms with Gasteiger partial charge in [-0.25, -0.2) is 0 Å². The van der Waals surface area contributed by atoms with Crippen molar-refractivity contribution in [3.8, 4) is 0 Å². The van der Waals surface area contributed by atoms with E-state index in [1.165, 1.54) is 0 Å². The third-order valence-corrected chi connectivity index (χ3v) is 13.1. The van der Waals surface area contributed by atoms with Gasteiger partial charge >= 0.3 is 0 Å². The minimum absolute atomic E-state index is 0.0652. The first-order valence-corrected chi connectivity index (χ1v) is 18.6. The number of hydrogen-bond acceptors (Lipinski definition) is 3. The largest absolute Gasteiger partial charge is 0.455 e. The van der Waals surface area contributed by atoms with Gasteiger partial charge in [-0.3, -0.25) is 9.59 Å². The van der Waals surface area contributed by atoms with Gasteiger partial charge in [0, 0.05) is 25.2 Å². The predicted octanol–water partition coefficient (Wildman–Crippen LogP) is 5.85. The Bertz CT molecular complexity index is 895. The molecule has 0 aliphatic heterocycles. The first kappa shape index (κ1) is 28.5. The van der Waals surface area contributed by atoms with E-state index in [-0.39, 0.29) is 11.8 Å². The number of rotatable bonds is 14. The standard InChI is InChI=1S/C28H40N2O3Si2/c1-34(2,23-11-21-29-27(31)19-17-25-13-7-5-8-14-25)33-35(3,4)24-12-22-30-28(32)20-18-26-15-9-6-10-16-26/h5-10,13-20H,11-12,21-24H2,1-4H3,(H,29,31)(H,30,32)/b19-17+,20-18+. The van der Waals surface area contributed by atoms with Crippen LogP contribution in [0.25, 0.3) is 12.2 Å². The van der Waals surface area contributed by atoms with Crippen molar-refractivity contribution in [2.75, 3.05) is 13.1 Å². The Hall–Kier alpha value is -2.75. The first-order valence-electron chi connectivity index (χ1n) is 12.4. The molecule has 0 fully saturated rings. The van der Waals surface area contributed by atoms with E-state index in [2.05, 4.69) is 36.8 Å². The van der Waals surface area contributed by atoms with Crippen LogP contribution in [0.15, 0.2) is 72.8 Å². The monoisotopic (exact) mass is 508 g/mol. The molecule has 2 N–H and O–H groups in total. The second-order valence-corrected chi connectivity index (χ2v) is 18.8. The van der Waals surface area contributed by atoms with Crippen LogP contribution in [0.4, 0.5) is 0 Å². The van der Waals surface area contributed by atoms with Crippen molar-refractivity contribution in [2.45, 2.75) is 51.1 Å². The average Bonchev–Trinajstić information content (AvgIpc) is 2.82. The van der Waals surface area contributed by atoms with Crippen molar-refractivity contribution in [3.63, 3.8) is 0 Å². The SMILES string of the molecule is C[Si](C)(CCCNC(=O)/C=C/c1ccccc1)O[Si](C)(C)CCCNC(=O)/C=C/c1ccccc1. The van der Waals surface area contributed by atoms with Crippen molar-refractivity contribution in [1.29, 1.82) is 0 Å². The second-order valence-electron chi connectivity index (χ2n) is 9.90. The number of hydrogen-bond donors (Lipinski definition) is 2. The number of carbonyl (C=O) groups excluding carboxylic acids is 2. The van der Waals surface area contributed by atoms with Gasteiger partial charge in [-0.05, 0) is 74.4 Å². The van der Waals surface area contributed by atoms with Gasteiger partial charge < -0.3 is 14.7 Å². The Morgan fingerprint density at radius 3 is 1.43 bits per heavy atom. The predicted molar refractivity (Wildman–Crippen MR) is 152 cm³/mol. The fourth-order valence-electron chi connectivity index (χ4n) is 3.89. The topological polar surface area (TPSA) is 67.4 Å². The molecule has 188 valence electrons. The summed E-state index contributed by atoms with van der Waals surface area (Å²) < 4.78 is 6.67. The van der Waals surface area contributed by atoms with Crippen LogP contribution in [-0.2, 0) is 13.7 Å². The van der Waals surface area contributed by atoms with Gasteiger partial charge in [-0.1, -0.05) is 60.7 Å². The summed E-state index contributed by atoms with van der Waals surface area (Å²) in [5, 5.41) is 5.94. The Morgan fingerprint density at radius 1 is 0.686 bits per heavy atom. The van der Waals surface area contributed by atoms with E-state index in [1.54, 1.807) is 12.2 Å². The fraction of sp³-hybridized carbons (Fsp3) is 0.357. The lowest BCUT2D eigenvalue weighted by molar-refractivity contribution is -0.117. The van der Waals surface area contributed by atoms with E-state index < -0.39 is 16.6 Å². The van der Waals surface area contributed by atoms with Gasteiger partial charge in [0.15, 0.2) is 16.6 Å². The lowest BCUT2D eigenvalue weighted by Crippen LogP contribution is -2.44. The summed E-state index contributed by atoms with van der Waals surface area (Å²) in [7, 11) is -3.64. The summed E-state index contributed by atoms with van der Waals surface area (Å²) in [6.45, 7) is 10.3. The van der Waals surface area contributed by atoms with Crippen LogP contribution in [0.5, 0.6) is 0 Å². The highest BCUT2D eigenvalue weighted by atomic mass is 28.4. The Balaban J connectivity index is 1.62. The summed E-state index contributed by atoms with van der Waals surface area (Å²) in [4.78, 5) is 24.1. The van der Waals surface area contributed by atoms with Crippen molar-refractivity contribution in [3.05, 3.63) is 83.9 Å². The molecule has 0 heterocycles. The van der Waals surface area contributed by atoms with Gasteiger partial charge in [0.2, 0.25) is 11.8 Å². The molecule has 2 rings (SSSR count). The normalized spacial score (nSPS) is 12.2. The van der Waals surface area contributed by atoms with E-state index >= 15 is 0 Å². The third kappa shape index (κ3) is 13.1. The minimum Gasteiger partial charge on any atom is -0.455 e. The Morgan fingerprint density at radius 2 is 1.06 bits per heavy atom. The molecule has 0 saturated heterocycles. The molecule has 0 spiro atoms. The maximum absolute atomic E-state index is 12.0. The van der Waals surface area contributed by atoms with Crippen molar-refractivity contribution in [1.82, 2.24) is 10.6 Å². The van der Waals surface area contributed by atoms with Crippen LogP contribution in [0.2, 0.25) is 38.3 Å². The molecule has 7 heteroatoms. The molecule has 2 aromatic carbocycles. The highest BCUT2D eigenvalue weighted by Gasteiger charge is 2.32. The summed E-state index contributed by atoms with van der Waals surface area (Å²) >= 11 is 0. The van der Waals surface area contributed by atoms with Crippen LogP contribution in [0.3, 0.4) is 0 Å². The zero-order valence-electron chi connectivity index (χ0n) is 21.6. The lowest BCUT2D eigenvalue weighted by Gasteiger charge is -2.34. The molecule has 2 amide bonds. The molecule has 0 aliphatic carbocycles. The van der Waals surface area contributed by atoms with E-state index in [0.717, 1.165) is 36.1 Å². The molecule has 2 aromatic rings. The third-order valence-electron chi connectivity index (χ3n) is 5.52. The summed E-state index contributed by atoms with van der Waals surface area (Å²) in [5.41, 5.74) is 2.03. The molecule has 0 unspecified atom stereocenters. The maximum Gasteiger partial charge on any atom is 0.243 e. The van der Waals surface area contributed by atoms with E-state index in [1.807, 2.05) is 72.8 Å². The quantitative estimate of drug-likeness (QED) is 0.191. The number of benzene rings is 2. The first-order chi connectivity index (χ1) is 16.7. The smallest absolute Gasteiger partial charge is 0.243 e. The molecule has 0 atom stereocenters. The van der Waals surface area contributed by atoms with Crippen LogP contribution in [0.1, 0.15) is 24.0 Å². The summed E-state index contributed by atoms with van der Waals surface area (Å²) in [6, 6.07) is 21.6. The van der Waals surface area contributed by atoms with Gasteiger partial charge in [-0.15, -0.1) is 0 Å². The fourth-order valence-corrected chi connectivity index (χ4v) is 12.7. The molecule has 5 nitrogen and oxygen atoms in total. The molecule has 0 radical (unpaired) electrons. The van der Waals surface area contributed by atoms with Crippen molar-refractivity contribution in [2.24, 2.45) is 0 Å². The zero-order valence-corrected chi connectivity index (χ0v) is 23.6. The van der Waals surface area contributed by atoms with E-state index in [9.17, 15) is 9.59 Å². The highest BCUT2D eigenvalue weighted by Crippen LogP contribution is 2.23. The molecule has 35 heavy (non-hydrogen) atoms. The second kappa shape index (κ2) is 14.6. The maximum atomic E-state index is 12.0. The van der Waals surface area contributed by atoms with E-state index in [4.69, 9.17) is 4.12 Å². The number of carbonyl (C=O) groups is 2. The summed E-state index contributed by atoms with van der Waals surface area (Å²) in [6.07, 6.45) is 8.65. The Labute approximate surface area is 212 Å². The van der Waals surface area contributed by atoms with Crippen LogP contribution in [0, 0.1) is 0 Å². The van der Waals surface area contributed by atoms with Gasteiger partial charge in [-0.2, -0.15) is 0 Å². The molecule has 0 aromatic heterocycles. The number of nitrogens with one attached hydrogen (secondary N) is 2. The van der Waals surface area contributed by atoms with Crippen molar-refractivity contribution >= 4 is 40.6 Å². The Kier molecular flexibility index (Phi) is 11.9. The molecular formula is C28H40N2O3Si2. The van der Waals surface area contributed by atoms with Crippen LogP contribution >= 0.6 is 0 Å². The molecule has 0 saturated carbocycles. The molecule has 0 aliphatic rings. The highest BCUT2D eigenvalue weighted by molar-refractivity contribution is 6.84. The number of amides is 2. The van der Waals surface area contributed by atoms with Gasteiger partial charge in [0.05, 0.1) is 0 Å². The van der Waals surface area contributed by atoms with Crippen molar-refractivity contribution < 1.29 is 13.7 Å². The summed E-state index contributed by atoms with van der Waals surface area (Å²) in [5.74, 6) is -0.130. The minimum atomic E-state index is -1.82. The zero-order chi connectivity index (χ0) is 25.6. The van der Waals surface area contributed by atoms with E-state index in [0.29, 0.717) is 13.1 Å². The van der Waals surface area contributed by atoms with Crippen LogP contribution < -0.4 is 10.6 Å². The van der Waals surface area contributed by atoms with Gasteiger partial charge in [0.1, 0.15) is 0 Å². The van der Waals surface area contributed by atoms with Gasteiger partial charge in [0.25, 0.3) is 0 Å². The molecular weight excluding hydrogens is 468 g/mol.